The summed E-state index contributed by atoms with van der Waals surface area (Å²) in [5, 5.41) is 0. The van der Waals surface area contributed by atoms with E-state index in [1.807, 2.05) is 24.3 Å². The Bertz CT molecular complexity index is 874. The van der Waals surface area contributed by atoms with Crippen molar-refractivity contribution in [1.82, 2.24) is 14.7 Å². The highest BCUT2D eigenvalue weighted by Crippen LogP contribution is 2.45. The van der Waals surface area contributed by atoms with Crippen LogP contribution in [0.5, 0.6) is 5.75 Å². The van der Waals surface area contributed by atoms with Gasteiger partial charge in [-0.25, -0.2) is 8.42 Å². The van der Waals surface area contributed by atoms with Crippen molar-refractivity contribution in [3.05, 3.63) is 29.8 Å². The molecule has 7 nitrogen and oxygen atoms in total. The van der Waals surface area contributed by atoms with Crippen LogP contribution in [0.15, 0.2) is 24.3 Å². The molecule has 8 heteroatoms. The molecule has 0 aromatic heterocycles. The summed E-state index contributed by atoms with van der Waals surface area (Å²) in [5.41, 5.74) is 1.05. The number of nitrogens with zero attached hydrogens (tertiary/aromatic N) is 3. The van der Waals surface area contributed by atoms with Gasteiger partial charge in [0.15, 0.2) is 9.84 Å². The average Bonchev–Trinajstić information content (AvgIpc) is 2.97. The summed E-state index contributed by atoms with van der Waals surface area (Å²) in [6, 6.07) is 7.74. The van der Waals surface area contributed by atoms with Gasteiger partial charge in [-0.3, -0.25) is 4.79 Å². The lowest BCUT2D eigenvalue weighted by Gasteiger charge is -2.51. The number of piperazine rings is 1. The van der Waals surface area contributed by atoms with Crippen molar-refractivity contribution in [2.75, 3.05) is 65.7 Å². The Kier molecular flexibility index (Phi) is 6.10. The zero-order valence-electron chi connectivity index (χ0n) is 18.0. The predicted octanol–water partition coefficient (Wildman–Crippen LogP) is 0.891. The highest BCUT2D eigenvalue weighted by Gasteiger charge is 2.62. The number of hydrogen-bond donors (Lipinski definition) is 0. The maximum atomic E-state index is 12.9. The molecular formula is C22H33N3O4S. The first-order chi connectivity index (χ1) is 14.3. The summed E-state index contributed by atoms with van der Waals surface area (Å²) in [7, 11) is 0.604. The van der Waals surface area contributed by atoms with Crippen molar-refractivity contribution in [1.29, 1.82) is 0 Å². The van der Waals surface area contributed by atoms with E-state index in [-0.39, 0.29) is 17.6 Å². The maximum Gasteiger partial charge on any atom is 0.223 e. The smallest absolute Gasteiger partial charge is 0.223 e. The Labute approximate surface area is 179 Å². The number of aryl methyl sites for hydroxylation is 1. The lowest BCUT2D eigenvalue weighted by Crippen LogP contribution is -2.69. The second-order valence-corrected chi connectivity index (χ2v) is 11.5. The number of methoxy groups -OCH3 is 1. The number of carbonyl (C=O) groups excluding carboxylic acids is 1. The Morgan fingerprint density at radius 3 is 2.63 bits per heavy atom. The van der Waals surface area contributed by atoms with Gasteiger partial charge in [0.2, 0.25) is 5.91 Å². The quantitative estimate of drug-likeness (QED) is 0.661. The lowest BCUT2D eigenvalue weighted by atomic mass is 9.82. The number of rotatable bonds is 6. The number of benzene rings is 1. The largest absolute Gasteiger partial charge is 0.497 e. The van der Waals surface area contributed by atoms with E-state index in [0.29, 0.717) is 25.9 Å². The molecule has 4 rings (SSSR count). The summed E-state index contributed by atoms with van der Waals surface area (Å²) in [6.45, 7) is 5.61. The van der Waals surface area contributed by atoms with Gasteiger partial charge in [-0.2, -0.15) is 0 Å². The van der Waals surface area contributed by atoms with Gasteiger partial charge in [-0.1, -0.05) is 12.1 Å². The number of likely N-dealkylation sites (tertiary alicyclic amines) is 1. The van der Waals surface area contributed by atoms with Crippen LogP contribution in [0.2, 0.25) is 0 Å². The van der Waals surface area contributed by atoms with Crippen molar-refractivity contribution in [3.63, 3.8) is 0 Å². The molecule has 1 amide bonds. The first-order valence-electron chi connectivity index (χ1n) is 10.9. The van der Waals surface area contributed by atoms with E-state index in [4.69, 9.17) is 4.74 Å². The number of carbonyl (C=O) groups is 1. The number of hydrogen-bond acceptors (Lipinski definition) is 6. The minimum absolute atomic E-state index is 0.0453. The van der Waals surface area contributed by atoms with Gasteiger partial charge in [0, 0.05) is 52.2 Å². The van der Waals surface area contributed by atoms with E-state index in [0.717, 1.165) is 50.5 Å². The van der Waals surface area contributed by atoms with Gasteiger partial charge < -0.3 is 19.4 Å². The molecule has 166 valence electrons. The molecule has 0 bridgehead atoms. The molecule has 0 aliphatic carbocycles. The Morgan fingerprint density at radius 2 is 1.93 bits per heavy atom. The topological polar surface area (TPSA) is 70.2 Å². The van der Waals surface area contributed by atoms with Crippen LogP contribution >= 0.6 is 0 Å². The summed E-state index contributed by atoms with van der Waals surface area (Å²) < 4.78 is 30.3. The third kappa shape index (κ3) is 4.09. The predicted molar refractivity (Wildman–Crippen MR) is 116 cm³/mol. The Hall–Kier alpha value is -1.64. The van der Waals surface area contributed by atoms with Gasteiger partial charge >= 0.3 is 0 Å². The average molecular weight is 436 g/mol. The van der Waals surface area contributed by atoms with Crippen LogP contribution in [0.4, 0.5) is 0 Å². The van der Waals surface area contributed by atoms with Crippen LogP contribution in [0, 0.1) is 5.92 Å². The molecule has 0 radical (unpaired) electrons. The van der Waals surface area contributed by atoms with Crippen molar-refractivity contribution in [2.24, 2.45) is 5.92 Å². The highest BCUT2D eigenvalue weighted by atomic mass is 32.2. The minimum atomic E-state index is -3.15. The summed E-state index contributed by atoms with van der Waals surface area (Å²) in [4.78, 5) is 19.2. The SMILES string of the molecule is COc1cccc(CCC(=O)N2CC3(C2)C(CN2CCN(C)CC2)CCS3(=O)=O)c1. The molecule has 1 aromatic rings. The van der Waals surface area contributed by atoms with Crippen LogP contribution in [0.25, 0.3) is 0 Å². The van der Waals surface area contributed by atoms with Crippen molar-refractivity contribution in [2.45, 2.75) is 24.0 Å². The molecule has 3 saturated heterocycles. The summed E-state index contributed by atoms with van der Waals surface area (Å²) in [5.74, 6) is 1.22. The van der Waals surface area contributed by atoms with Crippen LogP contribution in [0.3, 0.4) is 0 Å². The Balaban J connectivity index is 1.34. The van der Waals surface area contributed by atoms with Crippen molar-refractivity contribution in [3.8, 4) is 5.75 Å². The van der Waals surface area contributed by atoms with Crippen LogP contribution in [-0.4, -0.2) is 99.5 Å². The van der Waals surface area contributed by atoms with E-state index < -0.39 is 14.6 Å². The molecule has 0 N–H and O–H groups in total. The monoisotopic (exact) mass is 435 g/mol. The molecule has 1 spiro atoms. The first kappa shape index (κ1) is 21.6. The van der Waals surface area contributed by atoms with Gasteiger partial charge in [0.05, 0.1) is 12.9 Å². The molecule has 3 heterocycles. The summed E-state index contributed by atoms with van der Waals surface area (Å²) >= 11 is 0. The molecular weight excluding hydrogens is 402 g/mol. The normalized spacial score (nSPS) is 25.9. The zero-order valence-corrected chi connectivity index (χ0v) is 18.9. The number of amides is 1. The van der Waals surface area contributed by atoms with Gasteiger partial charge in [0.1, 0.15) is 10.5 Å². The summed E-state index contributed by atoms with van der Waals surface area (Å²) in [6.07, 6.45) is 1.75. The standard InChI is InChI=1S/C22H33N3O4S/c1-23-9-11-24(12-10-23)15-19-8-13-30(27,28)22(19)16-25(17-22)21(26)7-6-18-4-3-5-20(14-18)29-2/h3-5,14,19H,6-13,15-17H2,1-2H3. The molecule has 3 fully saturated rings. The molecule has 1 atom stereocenters. The molecule has 3 aliphatic rings. The fourth-order valence-corrected chi connectivity index (χ4v) is 7.49. The van der Waals surface area contributed by atoms with E-state index >= 15 is 0 Å². The fourth-order valence-electron chi connectivity index (χ4n) is 5.09. The minimum Gasteiger partial charge on any atom is -0.497 e. The van der Waals surface area contributed by atoms with Gasteiger partial charge in [0.25, 0.3) is 0 Å². The third-order valence-corrected chi connectivity index (χ3v) is 9.81. The number of likely N-dealkylation sites (N-methyl/N-ethyl adjacent to an activating group) is 1. The number of sulfone groups is 1. The molecule has 1 aromatic carbocycles. The van der Waals surface area contributed by atoms with Crippen LogP contribution < -0.4 is 4.74 Å². The fraction of sp³-hybridized carbons (Fsp3) is 0.682. The maximum absolute atomic E-state index is 12.9. The van der Waals surface area contributed by atoms with Crippen molar-refractivity contribution < 1.29 is 17.9 Å². The second kappa shape index (κ2) is 8.48. The molecule has 1 unspecified atom stereocenters. The molecule has 30 heavy (non-hydrogen) atoms. The van der Waals surface area contributed by atoms with E-state index in [2.05, 4.69) is 16.8 Å². The first-order valence-corrected chi connectivity index (χ1v) is 12.5. The lowest BCUT2D eigenvalue weighted by molar-refractivity contribution is -0.137. The molecule has 0 saturated carbocycles. The van der Waals surface area contributed by atoms with Gasteiger partial charge in [-0.05, 0) is 43.5 Å². The van der Waals surface area contributed by atoms with E-state index in [1.54, 1.807) is 12.0 Å². The molecule has 3 aliphatic heterocycles. The van der Waals surface area contributed by atoms with E-state index in [1.165, 1.54) is 0 Å². The number of ether oxygens (including phenoxy) is 1. The van der Waals surface area contributed by atoms with E-state index in [9.17, 15) is 13.2 Å². The zero-order chi connectivity index (χ0) is 21.4. The highest BCUT2D eigenvalue weighted by molar-refractivity contribution is 7.93. The van der Waals surface area contributed by atoms with Crippen molar-refractivity contribution >= 4 is 15.7 Å². The van der Waals surface area contributed by atoms with Crippen LogP contribution in [0.1, 0.15) is 18.4 Å². The van der Waals surface area contributed by atoms with Gasteiger partial charge in [-0.15, -0.1) is 0 Å². The Morgan fingerprint density at radius 1 is 1.20 bits per heavy atom. The van der Waals surface area contributed by atoms with Crippen LogP contribution in [-0.2, 0) is 21.1 Å². The second-order valence-electron chi connectivity index (χ2n) is 9.07. The third-order valence-electron chi connectivity index (χ3n) is 7.20.